The molecule has 102 valence electrons. The van der Waals surface area contributed by atoms with E-state index in [4.69, 9.17) is 9.47 Å². The van der Waals surface area contributed by atoms with Crippen LogP contribution >= 0.6 is 0 Å². The summed E-state index contributed by atoms with van der Waals surface area (Å²) in [7, 11) is 1.70. The van der Waals surface area contributed by atoms with E-state index in [-0.39, 0.29) is 0 Å². The van der Waals surface area contributed by atoms with Gasteiger partial charge in [0.25, 0.3) is 0 Å². The Morgan fingerprint density at radius 3 is 2.44 bits per heavy atom. The quantitative estimate of drug-likeness (QED) is 0.890. The Hall–Kier alpha value is -1.22. The van der Waals surface area contributed by atoms with Crippen molar-refractivity contribution in [2.24, 2.45) is 0 Å². The van der Waals surface area contributed by atoms with Crippen LogP contribution in [0.3, 0.4) is 0 Å². The van der Waals surface area contributed by atoms with Crippen LogP contribution in [0.4, 0.5) is 5.69 Å². The van der Waals surface area contributed by atoms with E-state index in [1.807, 2.05) is 26.0 Å². The van der Waals surface area contributed by atoms with Gasteiger partial charge in [0, 0.05) is 31.0 Å². The highest BCUT2D eigenvalue weighted by atomic mass is 16.5. The molecule has 3 heteroatoms. The van der Waals surface area contributed by atoms with E-state index in [0.29, 0.717) is 6.04 Å². The van der Waals surface area contributed by atoms with Crippen molar-refractivity contribution in [2.75, 3.05) is 25.6 Å². The molecule has 1 N–H and O–H groups in total. The second kappa shape index (κ2) is 7.98. The highest BCUT2D eigenvalue weighted by molar-refractivity contribution is 5.51. The van der Waals surface area contributed by atoms with Gasteiger partial charge >= 0.3 is 0 Å². The summed E-state index contributed by atoms with van der Waals surface area (Å²) in [6.07, 6.45) is 2.16. The fourth-order valence-electron chi connectivity index (χ4n) is 2.03. The lowest BCUT2D eigenvalue weighted by Gasteiger charge is -2.24. The third-order valence-electron chi connectivity index (χ3n) is 2.88. The molecule has 18 heavy (non-hydrogen) atoms. The maximum atomic E-state index is 5.34. The minimum atomic E-state index is 0.528. The smallest absolute Gasteiger partial charge is 0.121 e. The number of rotatable bonds is 3. The fourth-order valence-corrected chi connectivity index (χ4v) is 2.03. The molecule has 0 saturated carbocycles. The van der Waals surface area contributed by atoms with Gasteiger partial charge in [-0.25, -0.2) is 0 Å². The summed E-state index contributed by atoms with van der Waals surface area (Å²) in [6.45, 7) is 7.80. The molecule has 2 rings (SSSR count). The molecule has 0 aromatic heterocycles. The van der Waals surface area contributed by atoms with E-state index in [1.165, 1.54) is 5.56 Å². The van der Waals surface area contributed by atoms with Crippen LogP contribution in [0, 0.1) is 6.92 Å². The van der Waals surface area contributed by atoms with Crippen molar-refractivity contribution in [2.45, 2.75) is 39.7 Å². The molecule has 1 saturated heterocycles. The summed E-state index contributed by atoms with van der Waals surface area (Å²) >= 11 is 0. The van der Waals surface area contributed by atoms with Crippen molar-refractivity contribution >= 4 is 5.69 Å². The molecule has 0 bridgehead atoms. The number of hydrogen-bond donors (Lipinski definition) is 1. The van der Waals surface area contributed by atoms with Gasteiger partial charge < -0.3 is 14.8 Å². The van der Waals surface area contributed by atoms with Crippen LogP contribution in [0.1, 0.15) is 32.3 Å². The number of aryl methyl sites for hydroxylation is 1. The van der Waals surface area contributed by atoms with Crippen LogP contribution in [0.5, 0.6) is 5.75 Å². The van der Waals surface area contributed by atoms with Gasteiger partial charge in [-0.05, 0) is 37.5 Å². The third-order valence-corrected chi connectivity index (χ3v) is 2.88. The van der Waals surface area contributed by atoms with E-state index in [2.05, 4.69) is 18.3 Å². The molecule has 1 fully saturated rings. The molecule has 0 unspecified atom stereocenters. The standard InChI is InChI=1S/C13H19NO2.C2H6/c1-10-7-12(9-13(8-10)15-2)14-11-3-5-16-6-4-11;1-2/h7-9,11,14H,3-6H2,1-2H3;1-2H3. The zero-order valence-electron chi connectivity index (χ0n) is 12.0. The van der Waals surface area contributed by atoms with Crippen LogP contribution in [-0.2, 0) is 4.74 Å². The van der Waals surface area contributed by atoms with Crippen molar-refractivity contribution in [3.05, 3.63) is 23.8 Å². The molecule has 1 aromatic carbocycles. The predicted molar refractivity (Wildman–Crippen MR) is 76.5 cm³/mol. The summed E-state index contributed by atoms with van der Waals surface area (Å²) in [6, 6.07) is 6.76. The lowest BCUT2D eigenvalue weighted by atomic mass is 10.1. The third kappa shape index (κ3) is 4.57. The average molecular weight is 251 g/mol. The van der Waals surface area contributed by atoms with Crippen LogP contribution in [0.2, 0.25) is 0 Å². The Bertz CT molecular complexity index is 346. The minimum absolute atomic E-state index is 0.528. The molecule has 3 nitrogen and oxygen atoms in total. The Kier molecular flexibility index (Phi) is 6.58. The fraction of sp³-hybridized carbons (Fsp3) is 0.600. The van der Waals surface area contributed by atoms with Crippen molar-refractivity contribution in [1.29, 1.82) is 0 Å². The van der Waals surface area contributed by atoms with Gasteiger partial charge in [0.2, 0.25) is 0 Å². The first-order chi connectivity index (χ1) is 8.78. The molecule has 0 atom stereocenters. The Labute approximate surface area is 110 Å². The molecular weight excluding hydrogens is 226 g/mol. The maximum Gasteiger partial charge on any atom is 0.121 e. The molecule has 1 aliphatic rings. The molecule has 0 amide bonds. The summed E-state index contributed by atoms with van der Waals surface area (Å²) in [4.78, 5) is 0. The molecule has 1 aliphatic heterocycles. The van der Waals surface area contributed by atoms with Gasteiger partial charge in [-0.1, -0.05) is 13.8 Å². The highest BCUT2D eigenvalue weighted by Crippen LogP contribution is 2.22. The molecule has 1 heterocycles. The Morgan fingerprint density at radius 1 is 1.17 bits per heavy atom. The number of benzene rings is 1. The van der Waals surface area contributed by atoms with E-state index < -0.39 is 0 Å². The normalized spacial score (nSPS) is 15.6. The van der Waals surface area contributed by atoms with Crippen molar-refractivity contribution in [3.8, 4) is 5.75 Å². The summed E-state index contributed by atoms with van der Waals surface area (Å²) in [5.74, 6) is 0.912. The van der Waals surface area contributed by atoms with Crippen LogP contribution in [0.25, 0.3) is 0 Å². The molecule has 1 aromatic rings. The van der Waals surface area contributed by atoms with Gasteiger partial charge in [0.1, 0.15) is 5.75 Å². The van der Waals surface area contributed by atoms with Gasteiger partial charge in [0.15, 0.2) is 0 Å². The van der Waals surface area contributed by atoms with E-state index in [0.717, 1.165) is 37.5 Å². The lowest BCUT2D eigenvalue weighted by Crippen LogP contribution is -2.27. The molecular formula is C15H25NO2. The average Bonchev–Trinajstić information content (AvgIpc) is 2.41. The minimum Gasteiger partial charge on any atom is -0.497 e. The van der Waals surface area contributed by atoms with Gasteiger partial charge in [0.05, 0.1) is 7.11 Å². The highest BCUT2D eigenvalue weighted by Gasteiger charge is 2.13. The summed E-state index contributed by atoms with van der Waals surface area (Å²) in [5.41, 5.74) is 2.36. The first-order valence-corrected chi connectivity index (χ1v) is 6.78. The SMILES string of the molecule is CC.COc1cc(C)cc(NC2CCOCC2)c1. The topological polar surface area (TPSA) is 30.5 Å². The zero-order valence-corrected chi connectivity index (χ0v) is 12.0. The molecule has 0 spiro atoms. The Morgan fingerprint density at radius 2 is 1.83 bits per heavy atom. The number of hydrogen-bond acceptors (Lipinski definition) is 3. The number of nitrogens with one attached hydrogen (secondary N) is 1. The van der Waals surface area contributed by atoms with E-state index >= 15 is 0 Å². The van der Waals surface area contributed by atoms with Gasteiger partial charge in [-0.3, -0.25) is 0 Å². The van der Waals surface area contributed by atoms with Crippen molar-refractivity contribution in [1.82, 2.24) is 0 Å². The molecule has 0 radical (unpaired) electrons. The Balaban J connectivity index is 0.000000771. The second-order valence-corrected chi connectivity index (χ2v) is 4.27. The van der Waals surface area contributed by atoms with Crippen molar-refractivity contribution in [3.63, 3.8) is 0 Å². The zero-order chi connectivity index (χ0) is 13.4. The largest absolute Gasteiger partial charge is 0.497 e. The van der Waals surface area contributed by atoms with Crippen LogP contribution < -0.4 is 10.1 Å². The van der Waals surface area contributed by atoms with Crippen LogP contribution in [-0.4, -0.2) is 26.4 Å². The summed E-state index contributed by atoms with van der Waals surface area (Å²) in [5, 5.41) is 3.54. The van der Waals surface area contributed by atoms with Crippen LogP contribution in [0.15, 0.2) is 18.2 Å². The summed E-state index contributed by atoms with van der Waals surface area (Å²) < 4.78 is 10.6. The maximum absolute atomic E-state index is 5.34. The number of ether oxygens (including phenoxy) is 2. The number of methoxy groups -OCH3 is 1. The lowest BCUT2D eigenvalue weighted by molar-refractivity contribution is 0.0904. The van der Waals surface area contributed by atoms with Crippen molar-refractivity contribution < 1.29 is 9.47 Å². The first kappa shape index (κ1) is 14.8. The number of anilines is 1. The van der Waals surface area contributed by atoms with Gasteiger partial charge in [-0.15, -0.1) is 0 Å². The predicted octanol–water partition coefficient (Wildman–Crippen LogP) is 3.62. The monoisotopic (exact) mass is 251 g/mol. The molecule has 0 aliphatic carbocycles. The van der Waals surface area contributed by atoms with Gasteiger partial charge in [-0.2, -0.15) is 0 Å². The second-order valence-electron chi connectivity index (χ2n) is 4.27. The van der Waals surface area contributed by atoms with E-state index in [9.17, 15) is 0 Å². The first-order valence-electron chi connectivity index (χ1n) is 6.78. The van der Waals surface area contributed by atoms with E-state index in [1.54, 1.807) is 7.11 Å².